The van der Waals surface area contributed by atoms with Crippen LogP contribution in [0, 0.1) is 54.1 Å². The number of amides is 7. The molecule has 87 heavy (non-hydrogen) atoms. The molecule has 0 bridgehead atoms. The molecule has 0 fully saturated rings. The van der Waals surface area contributed by atoms with Crippen LogP contribution in [0.3, 0.4) is 0 Å². The van der Waals surface area contributed by atoms with Crippen LogP contribution in [0.2, 0.25) is 0 Å². The molecule has 0 radical (unpaired) electrons. The van der Waals surface area contributed by atoms with Crippen LogP contribution < -0.4 is 10.6 Å². The SMILES string of the molecule is CN1C(=O)COC(C(C)(C)C)=C(C(C)(C)C)C1=O.CN1CC(=O)NC(C(C)(C)C)=C(C(C)(C)C)C1=O.CN1CC=CC(C(C)(C)C)=C(C(C)(C)C)C1=O.CN1CCCC(C(C)(C)C)=C(C(C)(C)C)C1=O.CN1CCNC(C(C)(C)C)=C(C(C)(C)C)C1=O. The third-order valence-electron chi connectivity index (χ3n) is 15.4. The van der Waals surface area contributed by atoms with Gasteiger partial charge in [-0.05, 0) is 56.3 Å². The summed E-state index contributed by atoms with van der Waals surface area (Å²) in [5.74, 6) is 0.411. The summed E-state index contributed by atoms with van der Waals surface area (Å²) >= 11 is 0. The normalized spacial score (nSPS) is 19.1. The van der Waals surface area contributed by atoms with Crippen LogP contribution in [0.4, 0.5) is 0 Å². The molecule has 15 nitrogen and oxygen atoms in total. The quantitative estimate of drug-likeness (QED) is 0.224. The number of imide groups is 1. The van der Waals surface area contributed by atoms with Crippen molar-refractivity contribution in [2.45, 2.75) is 221 Å². The summed E-state index contributed by atoms with van der Waals surface area (Å²) in [5.41, 5.74) is 7.04. The van der Waals surface area contributed by atoms with Gasteiger partial charge in [-0.2, -0.15) is 0 Å². The Balaban J connectivity index is 0.000000544. The first-order valence-electron chi connectivity index (χ1n) is 31.5. The summed E-state index contributed by atoms with van der Waals surface area (Å²) in [6.45, 7) is 65.7. The third kappa shape index (κ3) is 22.2. The summed E-state index contributed by atoms with van der Waals surface area (Å²) in [6, 6.07) is 0. The van der Waals surface area contributed by atoms with E-state index in [4.69, 9.17) is 4.74 Å². The molecule has 0 spiro atoms. The summed E-state index contributed by atoms with van der Waals surface area (Å²) in [4.78, 5) is 94.0. The van der Waals surface area contributed by atoms with Gasteiger partial charge >= 0.3 is 0 Å². The van der Waals surface area contributed by atoms with Crippen LogP contribution in [-0.2, 0) is 38.3 Å². The number of hydrogen-bond acceptors (Lipinski definition) is 9. The number of carbonyl (C=O) groups is 7. The van der Waals surface area contributed by atoms with Gasteiger partial charge in [-0.25, -0.2) is 0 Å². The Kier molecular flexibility index (Phi) is 26.1. The van der Waals surface area contributed by atoms with Crippen molar-refractivity contribution < 1.29 is 38.3 Å². The summed E-state index contributed by atoms with van der Waals surface area (Å²) in [7, 11) is 8.83. The molecule has 496 valence electrons. The Morgan fingerprint density at radius 1 is 0.402 bits per heavy atom. The molecule has 5 rings (SSSR count). The van der Waals surface area contributed by atoms with Gasteiger partial charge in [-0.1, -0.05) is 225 Å². The van der Waals surface area contributed by atoms with Gasteiger partial charge in [0, 0.05) is 111 Å². The molecule has 0 unspecified atom stereocenters. The Morgan fingerprint density at radius 3 is 1.21 bits per heavy atom. The number of ether oxygens (including phenoxy) is 1. The van der Waals surface area contributed by atoms with Gasteiger partial charge in [0.05, 0.1) is 12.1 Å². The smallest absolute Gasteiger partial charge is 0.267 e. The highest BCUT2D eigenvalue weighted by atomic mass is 16.5. The van der Waals surface area contributed by atoms with Crippen molar-refractivity contribution in [1.82, 2.24) is 35.1 Å². The largest absolute Gasteiger partial charge is 0.487 e. The Hall–Kier alpha value is -5.47. The molecule has 5 aliphatic rings. The van der Waals surface area contributed by atoms with E-state index in [-0.39, 0.29) is 109 Å². The molecular formula is C72H125N7O8. The molecule has 0 aromatic rings. The lowest BCUT2D eigenvalue weighted by Crippen LogP contribution is -2.37. The topological polar surface area (TPSA) is 169 Å². The van der Waals surface area contributed by atoms with E-state index in [0.717, 1.165) is 65.5 Å². The highest BCUT2D eigenvalue weighted by molar-refractivity contribution is 6.06. The molecule has 0 aromatic heterocycles. The maximum Gasteiger partial charge on any atom is 0.267 e. The second-order valence-corrected chi connectivity index (χ2v) is 34.7. The number of carbonyl (C=O) groups excluding carboxylic acids is 7. The summed E-state index contributed by atoms with van der Waals surface area (Å²) < 4.78 is 5.63. The molecule has 5 heterocycles. The minimum atomic E-state index is -0.363. The highest BCUT2D eigenvalue weighted by Crippen LogP contribution is 2.44. The molecule has 0 atom stereocenters. The molecule has 0 saturated heterocycles. The van der Waals surface area contributed by atoms with Gasteiger partial charge in [-0.3, -0.25) is 38.5 Å². The number of likely N-dealkylation sites (N-methyl/N-ethyl adjacent to an activating group) is 5. The number of rotatable bonds is 0. The highest BCUT2D eigenvalue weighted by Gasteiger charge is 2.42. The van der Waals surface area contributed by atoms with Crippen molar-refractivity contribution in [2.75, 3.05) is 74.6 Å². The summed E-state index contributed by atoms with van der Waals surface area (Å²) in [6.07, 6.45) is 6.33. The number of allylic oxidation sites excluding steroid dienone is 6. The van der Waals surface area contributed by atoms with E-state index in [9.17, 15) is 33.6 Å². The Labute approximate surface area is 530 Å². The van der Waals surface area contributed by atoms with Crippen molar-refractivity contribution >= 4 is 41.4 Å². The van der Waals surface area contributed by atoms with E-state index in [1.165, 1.54) is 23.1 Å². The Bertz CT molecular complexity index is 2670. The predicted octanol–water partition coefficient (Wildman–Crippen LogP) is 13.7. The van der Waals surface area contributed by atoms with Crippen LogP contribution in [0.1, 0.15) is 221 Å². The zero-order chi connectivity index (χ0) is 68.9. The molecular weight excluding hydrogens is 1090 g/mol. The van der Waals surface area contributed by atoms with E-state index >= 15 is 0 Å². The average molecular weight is 1220 g/mol. The van der Waals surface area contributed by atoms with Crippen molar-refractivity contribution in [3.63, 3.8) is 0 Å². The van der Waals surface area contributed by atoms with Crippen LogP contribution in [0.25, 0.3) is 0 Å². The zero-order valence-electron chi connectivity index (χ0n) is 61.8. The first-order valence-corrected chi connectivity index (χ1v) is 31.5. The fourth-order valence-electron chi connectivity index (χ4n) is 10.9. The third-order valence-corrected chi connectivity index (χ3v) is 15.4. The average Bonchev–Trinajstić information content (AvgIpc) is 2.04. The second kappa shape index (κ2) is 28.6. The lowest BCUT2D eigenvalue weighted by molar-refractivity contribution is -0.142. The molecule has 15 heteroatoms. The maximum absolute atomic E-state index is 12.5. The predicted molar refractivity (Wildman–Crippen MR) is 358 cm³/mol. The lowest BCUT2D eigenvalue weighted by Gasteiger charge is -2.32. The molecule has 0 saturated carbocycles. The molecule has 7 amide bonds. The van der Waals surface area contributed by atoms with Crippen molar-refractivity contribution in [3.05, 3.63) is 68.3 Å². The number of hydrogen-bond donors (Lipinski definition) is 2. The van der Waals surface area contributed by atoms with Crippen LogP contribution in [0.15, 0.2) is 68.3 Å². The van der Waals surface area contributed by atoms with Crippen LogP contribution >= 0.6 is 0 Å². The monoisotopic (exact) mass is 1220 g/mol. The fraction of sp³-hybridized carbons (Fsp3) is 0.736. The van der Waals surface area contributed by atoms with Gasteiger partial charge in [0.1, 0.15) is 5.76 Å². The van der Waals surface area contributed by atoms with Crippen molar-refractivity contribution in [1.29, 1.82) is 0 Å². The fourth-order valence-corrected chi connectivity index (χ4v) is 10.9. The minimum Gasteiger partial charge on any atom is -0.487 e. The van der Waals surface area contributed by atoms with E-state index in [2.05, 4.69) is 147 Å². The number of nitrogens with zero attached hydrogens (tertiary/aromatic N) is 5. The minimum absolute atomic E-state index is 0.0000463. The van der Waals surface area contributed by atoms with E-state index in [1.54, 1.807) is 11.9 Å². The lowest BCUT2D eigenvalue weighted by atomic mass is 9.73. The molecule has 5 aliphatic heterocycles. The molecule has 2 N–H and O–H groups in total. The zero-order valence-corrected chi connectivity index (χ0v) is 61.8. The van der Waals surface area contributed by atoms with Crippen LogP contribution in [0.5, 0.6) is 0 Å². The first kappa shape index (κ1) is 79.5. The standard InChI is InChI=1S/C15H27NO.C15H25NO.C14H24N2O2.C14H26N2O.C14H23NO3/c2*1-14(2,3)11-9-8-10-16(7)13(17)12(11)15(4,5)6;1-13(2,3)10-11(14(4,5)6)15-9(17)8-16(7)12(10)18;1-13(2,3)10-11(14(4,5)6)15-8-9-16(7)12(10)17;1-13(2,3)10-11(14(4,5)6)18-8-9(16)15(7)12(10)17/h8-10H2,1-7H3;8-9H,10H2,1-7H3;8H2,1-7H3,(H,15,17);15H,8-9H2,1-7H3;8H2,1-7H3. The first-order chi connectivity index (χ1) is 38.5. The van der Waals surface area contributed by atoms with Gasteiger partial charge < -0.3 is 35.0 Å². The van der Waals surface area contributed by atoms with E-state index < -0.39 is 0 Å². The molecule has 0 aliphatic carbocycles. The second-order valence-electron chi connectivity index (χ2n) is 34.7. The van der Waals surface area contributed by atoms with E-state index in [0.29, 0.717) is 23.5 Å². The maximum atomic E-state index is 12.5. The van der Waals surface area contributed by atoms with Gasteiger partial charge in [0.25, 0.3) is 29.5 Å². The van der Waals surface area contributed by atoms with Gasteiger partial charge in [0.15, 0.2) is 6.61 Å². The summed E-state index contributed by atoms with van der Waals surface area (Å²) in [5, 5.41) is 6.37. The van der Waals surface area contributed by atoms with E-state index in [1.807, 2.05) is 114 Å². The molecule has 0 aromatic carbocycles. The van der Waals surface area contributed by atoms with Crippen molar-refractivity contribution in [2.24, 2.45) is 54.1 Å². The van der Waals surface area contributed by atoms with Crippen LogP contribution in [-0.4, -0.2) is 140 Å². The number of nitrogens with one attached hydrogen (secondary N) is 2. The van der Waals surface area contributed by atoms with Gasteiger partial charge in [-0.15, -0.1) is 0 Å². The van der Waals surface area contributed by atoms with Gasteiger partial charge in [0.2, 0.25) is 11.8 Å². The Morgan fingerprint density at radius 2 is 0.805 bits per heavy atom. The van der Waals surface area contributed by atoms with Crippen molar-refractivity contribution in [3.8, 4) is 0 Å².